The largest absolute Gasteiger partial charge is 0.462 e. The molecule has 0 aromatic heterocycles. The van der Waals surface area contributed by atoms with Crippen LogP contribution in [0.5, 0.6) is 0 Å². The Balaban J connectivity index is 2.01. The number of ether oxygens (including phenoxy) is 1. The second kappa shape index (κ2) is 9.03. The van der Waals surface area contributed by atoms with E-state index in [1.807, 2.05) is 13.0 Å². The van der Waals surface area contributed by atoms with Crippen molar-refractivity contribution >= 4 is 5.97 Å². The minimum Gasteiger partial charge on any atom is -0.462 e. The van der Waals surface area contributed by atoms with E-state index in [1.54, 1.807) is 0 Å². The summed E-state index contributed by atoms with van der Waals surface area (Å²) in [5, 5.41) is 9.57. The number of esters is 1. The van der Waals surface area contributed by atoms with Crippen molar-refractivity contribution in [1.29, 1.82) is 0 Å². The summed E-state index contributed by atoms with van der Waals surface area (Å²) < 4.78 is 5.28. The fourth-order valence-electron chi connectivity index (χ4n) is 3.38. The van der Waals surface area contributed by atoms with E-state index in [0.29, 0.717) is 30.9 Å². The first-order valence-corrected chi connectivity index (χ1v) is 9.12. The molecule has 1 N–H and O–H groups in total. The summed E-state index contributed by atoms with van der Waals surface area (Å²) in [4.78, 5) is 11.7. The van der Waals surface area contributed by atoms with Crippen LogP contribution in [0.2, 0.25) is 0 Å². The number of hydrogen-bond donors (Lipinski definition) is 1. The number of benzene rings is 1. The van der Waals surface area contributed by atoms with E-state index in [-0.39, 0.29) is 12.6 Å². The molecule has 0 unspecified atom stereocenters. The number of carbonyl (C=O) groups is 1. The smallest absolute Gasteiger partial charge is 0.333 e. The van der Waals surface area contributed by atoms with Gasteiger partial charge in [0.2, 0.25) is 0 Å². The first-order valence-electron chi connectivity index (χ1n) is 9.12. The van der Waals surface area contributed by atoms with Gasteiger partial charge in [-0.1, -0.05) is 51.5 Å². The van der Waals surface area contributed by atoms with E-state index in [0.717, 1.165) is 17.0 Å². The summed E-state index contributed by atoms with van der Waals surface area (Å²) in [6.45, 7) is 8.27. The molecule has 0 aliphatic heterocycles. The standard InChI is InChI=1S/C21H30O3/c1-4-16(3)21(23)24-12-11-19-13-18(9-10-20(19)14-22)17-7-5-15(2)6-8-17/h9-10,13,15,17,22H,3-8,11-12,14H2,1-2H3. The van der Waals surface area contributed by atoms with Gasteiger partial charge in [0.15, 0.2) is 0 Å². The Morgan fingerprint density at radius 3 is 2.58 bits per heavy atom. The van der Waals surface area contributed by atoms with Crippen LogP contribution in [0.25, 0.3) is 0 Å². The van der Waals surface area contributed by atoms with Crippen LogP contribution in [-0.4, -0.2) is 17.7 Å². The van der Waals surface area contributed by atoms with Crippen LogP contribution in [0.3, 0.4) is 0 Å². The van der Waals surface area contributed by atoms with Gasteiger partial charge in [0.1, 0.15) is 0 Å². The maximum Gasteiger partial charge on any atom is 0.333 e. The SMILES string of the molecule is C=C(CC)C(=O)OCCc1cc(C2CCC(C)CC2)ccc1CO. The van der Waals surface area contributed by atoms with Crippen LogP contribution >= 0.6 is 0 Å². The molecular formula is C21H30O3. The number of carbonyl (C=O) groups excluding carboxylic acids is 1. The van der Waals surface area contributed by atoms with Crippen LogP contribution in [0.1, 0.15) is 68.6 Å². The van der Waals surface area contributed by atoms with E-state index in [4.69, 9.17) is 4.74 Å². The zero-order valence-electron chi connectivity index (χ0n) is 15.0. The highest BCUT2D eigenvalue weighted by Gasteiger charge is 2.20. The first kappa shape index (κ1) is 18.7. The zero-order chi connectivity index (χ0) is 17.5. The van der Waals surface area contributed by atoms with Gasteiger partial charge in [0, 0.05) is 12.0 Å². The van der Waals surface area contributed by atoms with Crippen molar-refractivity contribution in [2.45, 2.75) is 64.9 Å². The lowest BCUT2D eigenvalue weighted by Gasteiger charge is -2.27. The molecule has 132 valence electrons. The summed E-state index contributed by atoms with van der Waals surface area (Å²) in [6, 6.07) is 6.38. The van der Waals surface area contributed by atoms with Crippen molar-refractivity contribution in [3.05, 3.63) is 47.0 Å². The Morgan fingerprint density at radius 2 is 1.96 bits per heavy atom. The molecule has 0 saturated heterocycles. The average molecular weight is 330 g/mol. The first-order chi connectivity index (χ1) is 11.5. The Bertz CT molecular complexity index is 568. The second-order valence-corrected chi connectivity index (χ2v) is 6.99. The molecule has 0 amide bonds. The van der Waals surface area contributed by atoms with Crippen molar-refractivity contribution in [2.24, 2.45) is 5.92 Å². The van der Waals surface area contributed by atoms with Gasteiger partial charge in [0.25, 0.3) is 0 Å². The highest BCUT2D eigenvalue weighted by molar-refractivity contribution is 5.87. The number of rotatable bonds is 7. The Kier molecular flexibility index (Phi) is 7.04. The second-order valence-electron chi connectivity index (χ2n) is 6.99. The summed E-state index contributed by atoms with van der Waals surface area (Å²) in [5.41, 5.74) is 3.87. The third-order valence-corrected chi connectivity index (χ3v) is 5.21. The Labute approximate surface area is 145 Å². The molecule has 0 heterocycles. The Morgan fingerprint density at radius 1 is 1.25 bits per heavy atom. The molecule has 3 heteroatoms. The van der Waals surface area contributed by atoms with Crippen LogP contribution in [0, 0.1) is 5.92 Å². The summed E-state index contributed by atoms with van der Waals surface area (Å²) >= 11 is 0. The third kappa shape index (κ3) is 4.94. The van der Waals surface area contributed by atoms with Crippen molar-refractivity contribution in [1.82, 2.24) is 0 Å². The molecule has 2 rings (SSSR count). The van der Waals surface area contributed by atoms with Gasteiger partial charge in [-0.15, -0.1) is 0 Å². The molecule has 24 heavy (non-hydrogen) atoms. The van der Waals surface area contributed by atoms with Crippen LogP contribution < -0.4 is 0 Å². The monoisotopic (exact) mass is 330 g/mol. The molecular weight excluding hydrogens is 300 g/mol. The van der Waals surface area contributed by atoms with E-state index in [9.17, 15) is 9.90 Å². The highest BCUT2D eigenvalue weighted by atomic mass is 16.5. The molecule has 1 aliphatic rings. The number of aliphatic hydroxyl groups is 1. The van der Waals surface area contributed by atoms with E-state index in [2.05, 4.69) is 25.6 Å². The van der Waals surface area contributed by atoms with Crippen LogP contribution in [-0.2, 0) is 22.6 Å². The molecule has 1 aliphatic carbocycles. The lowest BCUT2D eigenvalue weighted by molar-refractivity contribution is -0.139. The normalized spacial score (nSPS) is 20.6. The summed E-state index contributed by atoms with van der Waals surface area (Å²) in [7, 11) is 0. The number of aliphatic hydroxyl groups excluding tert-OH is 1. The van der Waals surface area contributed by atoms with Gasteiger partial charge in [-0.05, 0) is 47.8 Å². The predicted molar refractivity (Wildman–Crippen MR) is 96.8 cm³/mol. The highest BCUT2D eigenvalue weighted by Crippen LogP contribution is 2.36. The third-order valence-electron chi connectivity index (χ3n) is 5.21. The Hall–Kier alpha value is -1.61. The molecule has 1 aromatic rings. The molecule has 0 radical (unpaired) electrons. The minimum atomic E-state index is -0.319. The fraction of sp³-hybridized carbons (Fsp3) is 0.571. The van der Waals surface area contributed by atoms with Crippen LogP contribution in [0.15, 0.2) is 30.4 Å². The van der Waals surface area contributed by atoms with E-state index in [1.165, 1.54) is 31.2 Å². The molecule has 1 aromatic carbocycles. The van der Waals surface area contributed by atoms with Gasteiger partial charge in [-0.2, -0.15) is 0 Å². The molecule has 0 spiro atoms. The minimum absolute atomic E-state index is 0.0208. The van der Waals surface area contributed by atoms with Crippen molar-refractivity contribution in [2.75, 3.05) is 6.61 Å². The van der Waals surface area contributed by atoms with Gasteiger partial charge in [0.05, 0.1) is 13.2 Å². The molecule has 1 saturated carbocycles. The topological polar surface area (TPSA) is 46.5 Å². The van der Waals surface area contributed by atoms with Crippen molar-refractivity contribution in [3.8, 4) is 0 Å². The maximum absolute atomic E-state index is 11.7. The maximum atomic E-state index is 11.7. The molecule has 1 fully saturated rings. The summed E-state index contributed by atoms with van der Waals surface area (Å²) in [5.74, 6) is 1.14. The van der Waals surface area contributed by atoms with Gasteiger partial charge in [-0.3, -0.25) is 0 Å². The zero-order valence-corrected chi connectivity index (χ0v) is 15.0. The molecule has 0 bridgehead atoms. The fourth-order valence-corrected chi connectivity index (χ4v) is 3.38. The van der Waals surface area contributed by atoms with Gasteiger partial charge in [-0.25, -0.2) is 4.79 Å². The lowest BCUT2D eigenvalue weighted by atomic mass is 9.79. The quantitative estimate of drug-likeness (QED) is 0.590. The number of hydrogen-bond acceptors (Lipinski definition) is 3. The summed E-state index contributed by atoms with van der Waals surface area (Å²) in [6.07, 6.45) is 6.30. The molecule has 0 atom stereocenters. The van der Waals surface area contributed by atoms with Crippen molar-refractivity contribution in [3.63, 3.8) is 0 Å². The molecule has 3 nitrogen and oxygen atoms in total. The predicted octanol–water partition coefficient (Wildman–Crippen LogP) is 4.52. The van der Waals surface area contributed by atoms with Gasteiger partial charge >= 0.3 is 5.97 Å². The van der Waals surface area contributed by atoms with E-state index >= 15 is 0 Å². The van der Waals surface area contributed by atoms with Crippen molar-refractivity contribution < 1.29 is 14.6 Å². The lowest BCUT2D eigenvalue weighted by Crippen LogP contribution is -2.13. The average Bonchev–Trinajstić information content (AvgIpc) is 2.61. The van der Waals surface area contributed by atoms with E-state index < -0.39 is 0 Å². The van der Waals surface area contributed by atoms with Crippen LogP contribution in [0.4, 0.5) is 0 Å². The van der Waals surface area contributed by atoms with Gasteiger partial charge < -0.3 is 9.84 Å².